The van der Waals surface area contributed by atoms with Crippen LogP contribution in [-0.2, 0) is 13.1 Å². The molecule has 1 atom stereocenters. The summed E-state index contributed by atoms with van der Waals surface area (Å²) in [6.45, 7) is 3.71. The number of rotatable bonds is 3. The zero-order valence-corrected chi connectivity index (χ0v) is 13.5. The first-order chi connectivity index (χ1) is 10.6. The smallest absolute Gasteiger partial charge is 0.254 e. The van der Waals surface area contributed by atoms with Gasteiger partial charge in [-0.25, -0.2) is 0 Å². The summed E-state index contributed by atoms with van der Waals surface area (Å²) in [5, 5.41) is 3.98. The van der Waals surface area contributed by atoms with Gasteiger partial charge in [-0.3, -0.25) is 4.79 Å². The highest BCUT2D eigenvalue weighted by Crippen LogP contribution is 2.27. The normalized spacial score (nSPS) is 14.5. The van der Waals surface area contributed by atoms with Crippen LogP contribution in [0.15, 0.2) is 42.5 Å². The fourth-order valence-electron chi connectivity index (χ4n) is 2.83. The molecule has 1 unspecified atom stereocenters. The van der Waals surface area contributed by atoms with Gasteiger partial charge in [0.1, 0.15) is 0 Å². The first-order valence-corrected chi connectivity index (χ1v) is 7.80. The molecule has 2 aromatic rings. The van der Waals surface area contributed by atoms with E-state index in [2.05, 4.69) is 5.32 Å². The van der Waals surface area contributed by atoms with Crippen molar-refractivity contribution in [3.8, 4) is 0 Å². The van der Waals surface area contributed by atoms with Crippen molar-refractivity contribution in [1.29, 1.82) is 0 Å². The van der Waals surface area contributed by atoms with Gasteiger partial charge in [0.15, 0.2) is 0 Å². The van der Waals surface area contributed by atoms with E-state index in [4.69, 9.17) is 11.6 Å². The summed E-state index contributed by atoms with van der Waals surface area (Å²) in [5.74, 6) is 0.0159. The molecule has 0 saturated carbocycles. The lowest BCUT2D eigenvalue weighted by atomic mass is 10.0. The Hall–Kier alpha value is -1.84. The number of nitrogens with one attached hydrogen (secondary N) is 1. The maximum absolute atomic E-state index is 12.7. The van der Waals surface area contributed by atoms with Crippen LogP contribution in [0.3, 0.4) is 0 Å². The monoisotopic (exact) mass is 314 g/mol. The van der Waals surface area contributed by atoms with E-state index < -0.39 is 0 Å². The molecule has 0 bridgehead atoms. The number of amides is 1. The SMILES string of the molecule is CC(c1ccccc1Cl)N(C)C(=O)c1ccc2c(c1)CNC2. The van der Waals surface area contributed by atoms with Crippen molar-refractivity contribution in [3.05, 3.63) is 69.7 Å². The van der Waals surface area contributed by atoms with Crippen molar-refractivity contribution >= 4 is 17.5 Å². The van der Waals surface area contributed by atoms with Crippen LogP contribution in [0.4, 0.5) is 0 Å². The van der Waals surface area contributed by atoms with Crippen LogP contribution in [0.5, 0.6) is 0 Å². The Morgan fingerprint density at radius 1 is 1.18 bits per heavy atom. The third-order valence-electron chi connectivity index (χ3n) is 4.34. The van der Waals surface area contributed by atoms with Crippen LogP contribution in [0.25, 0.3) is 0 Å². The molecule has 3 rings (SSSR count). The van der Waals surface area contributed by atoms with Crippen LogP contribution >= 0.6 is 11.6 Å². The van der Waals surface area contributed by atoms with Gasteiger partial charge in [0.2, 0.25) is 0 Å². The Kier molecular flexibility index (Phi) is 4.19. The van der Waals surface area contributed by atoms with Gasteiger partial charge >= 0.3 is 0 Å². The molecule has 0 radical (unpaired) electrons. The van der Waals surface area contributed by atoms with Crippen LogP contribution in [0, 0.1) is 0 Å². The predicted molar refractivity (Wildman–Crippen MR) is 88.9 cm³/mol. The molecule has 4 heteroatoms. The molecule has 0 aromatic heterocycles. The molecule has 3 nitrogen and oxygen atoms in total. The average Bonchev–Trinajstić information content (AvgIpc) is 3.00. The van der Waals surface area contributed by atoms with Gasteiger partial charge in [0.05, 0.1) is 6.04 Å². The van der Waals surface area contributed by atoms with Crippen LogP contribution in [0.2, 0.25) is 5.02 Å². The summed E-state index contributed by atoms with van der Waals surface area (Å²) in [6, 6.07) is 13.5. The molecule has 0 spiro atoms. The molecular formula is C18H19ClN2O. The van der Waals surface area contributed by atoms with Crippen molar-refractivity contribution in [3.63, 3.8) is 0 Å². The third-order valence-corrected chi connectivity index (χ3v) is 4.68. The van der Waals surface area contributed by atoms with E-state index in [0.717, 1.165) is 24.2 Å². The van der Waals surface area contributed by atoms with Gasteiger partial charge in [0.25, 0.3) is 5.91 Å². The van der Waals surface area contributed by atoms with Crippen molar-refractivity contribution < 1.29 is 4.79 Å². The number of halogens is 1. The highest BCUT2D eigenvalue weighted by Gasteiger charge is 2.22. The van der Waals surface area contributed by atoms with Gasteiger partial charge in [-0.1, -0.05) is 35.9 Å². The topological polar surface area (TPSA) is 32.3 Å². The van der Waals surface area contributed by atoms with E-state index in [0.29, 0.717) is 5.02 Å². The Morgan fingerprint density at radius 3 is 2.68 bits per heavy atom. The number of nitrogens with zero attached hydrogens (tertiary/aromatic N) is 1. The lowest BCUT2D eigenvalue weighted by Gasteiger charge is -2.26. The van der Waals surface area contributed by atoms with Crippen LogP contribution < -0.4 is 5.32 Å². The Bertz CT molecular complexity index is 714. The second kappa shape index (κ2) is 6.11. The summed E-state index contributed by atoms with van der Waals surface area (Å²) >= 11 is 6.24. The van der Waals surface area contributed by atoms with Gasteiger partial charge in [-0.2, -0.15) is 0 Å². The average molecular weight is 315 g/mol. The van der Waals surface area contributed by atoms with Crippen LogP contribution in [0.1, 0.15) is 40.0 Å². The number of hydrogen-bond donors (Lipinski definition) is 1. The van der Waals surface area contributed by atoms with E-state index >= 15 is 0 Å². The second-order valence-electron chi connectivity index (χ2n) is 5.70. The number of carbonyl (C=O) groups excluding carboxylic acids is 1. The third kappa shape index (κ3) is 2.74. The number of benzene rings is 2. The lowest BCUT2D eigenvalue weighted by molar-refractivity contribution is 0.0742. The molecule has 1 aliphatic rings. The predicted octanol–water partition coefficient (Wildman–Crippen LogP) is 3.78. The molecule has 0 aliphatic carbocycles. The Morgan fingerprint density at radius 2 is 1.91 bits per heavy atom. The van der Waals surface area contributed by atoms with Gasteiger partial charge in [0, 0.05) is 30.7 Å². The van der Waals surface area contributed by atoms with Crippen molar-refractivity contribution in [2.75, 3.05) is 7.05 Å². The minimum atomic E-state index is -0.0763. The number of fused-ring (bicyclic) bond motifs is 1. The molecule has 1 aliphatic heterocycles. The summed E-state index contributed by atoms with van der Waals surface area (Å²) in [6.07, 6.45) is 0. The largest absolute Gasteiger partial charge is 0.335 e. The summed E-state index contributed by atoms with van der Waals surface area (Å²) in [4.78, 5) is 14.5. The molecular weight excluding hydrogens is 296 g/mol. The van der Waals surface area contributed by atoms with E-state index in [1.54, 1.807) is 4.90 Å². The molecule has 1 amide bonds. The molecule has 1 N–H and O–H groups in total. The summed E-state index contributed by atoms with van der Waals surface area (Å²) < 4.78 is 0. The first kappa shape index (κ1) is 15.1. The van der Waals surface area contributed by atoms with E-state index in [1.807, 2.05) is 56.4 Å². The van der Waals surface area contributed by atoms with Gasteiger partial charge in [-0.05, 0) is 41.8 Å². The molecule has 0 saturated heterocycles. The fraction of sp³-hybridized carbons (Fsp3) is 0.278. The molecule has 22 heavy (non-hydrogen) atoms. The quantitative estimate of drug-likeness (QED) is 0.935. The van der Waals surface area contributed by atoms with Gasteiger partial charge in [-0.15, -0.1) is 0 Å². The number of carbonyl (C=O) groups is 1. The Labute approximate surface area is 135 Å². The zero-order chi connectivity index (χ0) is 15.7. The Balaban J connectivity index is 1.84. The summed E-state index contributed by atoms with van der Waals surface area (Å²) in [7, 11) is 1.82. The zero-order valence-electron chi connectivity index (χ0n) is 12.8. The maximum Gasteiger partial charge on any atom is 0.254 e. The first-order valence-electron chi connectivity index (χ1n) is 7.42. The fourth-order valence-corrected chi connectivity index (χ4v) is 3.12. The van der Waals surface area contributed by atoms with Crippen molar-refractivity contribution in [2.24, 2.45) is 0 Å². The summed E-state index contributed by atoms with van der Waals surface area (Å²) in [5.41, 5.74) is 4.18. The van der Waals surface area contributed by atoms with E-state index in [-0.39, 0.29) is 11.9 Å². The molecule has 0 fully saturated rings. The number of hydrogen-bond acceptors (Lipinski definition) is 2. The molecule has 114 valence electrons. The highest BCUT2D eigenvalue weighted by molar-refractivity contribution is 6.31. The van der Waals surface area contributed by atoms with E-state index in [1.165, 1.54) is 11.1 Å². The maximum atomic E-state index is 12.7. The highest BCUT2D eigenvalue weighted by atomic mass is 35.5. The van der Waals surface area contributed by atoms with Crippen molar-refractivity contribution in [1.82, 2.24) is 10.2 Å². The second-order valence-corrected chi connectivity index (χ2v) is 6.11. The molecule has 2 aromatic carbocycles. The van der Waals surface area contributed by atoms with E-state index in [9.17, 15) is 4.79 Å². The standard InChI is InChI=1S/C18H19ClN2O/c1-12(16-5-3-4-6-17(16)19)21(2)18(22)13-7-8-14-10-20-11-15(14)9-13/h3-9,12,20H,10-11H2,1-2H3. The lowest BCUT2D eigenvalue weighted by Crippen LogP contribution is -2.29. The van der Waals surface area contributed by atoms with Crippen molar-refractivity contribution in [2.45, 2.75) is 26.1 Å². The molecule has 1 heterocycles. The minimum absolute atomic E-state index is 0.0159. The minimum Gasteiger partial charge on any atom is -0.335 e. The van der Waals surface area contributed by atoms with Crippen LogP contribution in [-0.4, -0.2) is 17.9 Å². The van der Waals surface area contributed by atoms with Gasteiger partial charge < -0.3 is 10.2 Å².